The molecular formula is C23H33NO3S. The van der Waals surface area contributed by atoms with Gasteiger partial charge >= 0.3 is 0 Å². The summed E-state index contributed by atoms with van der Waals surface area (Å²) in [4.78, 5) is 17.0. The number of Topliss-reactive ketones (excluding diaryl/α,β-unsaturated/α-hetero) is 1. The molecule has 0 spiro atoms. The van der Waals surface area contributed by atoms with Gasteiger partial charge in [-0.3, -0.25) is 4.79 Å². The third kappa shape index (κ3) is 4.47. The summed E-state index contributed by atoms with van der Waals surface area (Å²) in [5.74, 6) is 0.714. The summed E-state index contributed by atoms with van der Waals surface area (Å²) in [5.41, 5.74) is 1.21. The topological polar surface area (TPSA) is 49.8 Å². The third-order valence-corrected chi connectivity index (χ3v) is 7.09. The lowest BCUT2D eigenvalue weighted by molar-refractivity contribution is -0.142. The van der Waals surface area contributed by atoms with E-state index in [0.29, 0.717) is 11.3 Å². The van der Waals surface area contributed by atoms with Crippen molar-refractivity contribution in [3.63, 3.8) is 0 Å². The molecule has 3 rings (SSSR count). The Morgan fingerprint density at radius 3 is 2.68 bits per heavy atom. The van der Waals surface area contributed by atoms with Crippen molar-refractivity contribution in [1.29, 1.82) is 0 Å². The predicted molar refractivity (Wildman–Crippen MR) is 115 cm³/mol. The minimum atomic E-state index is -0.864. The number of thioether (sulfide) groups is 1. The van der Waals surface area contributed by atoms with Crippen molar-refractivity contribution in [2.45, 2.75) is 75.5 Å². The minimum absolute atomic E-state index is 0.00408. The van der Waals surface area contributed by atoms with Crippen molar-refractivity contribution in [2.24, 2.45) is 0 Å². The van der Waals surface area contributed by atoms with Crippen LogP contribution in [0.4, 0.5) is 0 Å². The maximum absolute atomic E-state index is 13.5. The Bertz CT molecular complexity index is 702. The molecule has 0 aromatic heterocycles. The summed E-state index contributed by atoms with van der Waals surface area (Å²) in [6, 6.07) is 7.70. The highest BCUT2D eigenvalue weighted by Crippen LogP contribution is 2.36. The van der Waals surface area contributed by atoms with E-state index in [1.165, 1.54) is 18.5 Å². The van der Waals surface area contributed by atoms with Crippen LogP contribution in [0.1, 0.15) is 63.2 Å². The first-order chi connectivity index (χ1) is 13.5. The highest BCUT2D eigenvalue weighted by molar-refractivity contribution is 7.99. The highest BCUT2D eigenvalue weighted by Gasteiger charge is 2.48. The molecule has 5 heteroatoms. The number of nitrogens with zero attached hydrogens (tertiary/aromatic N) is 1. The SMILES string of the molecule is CCC1CN(C2=CCCCC2)C(C)C(C)(C(=O)c2ccc(SCCO)cc2)O1. The molecule has 0 bridgehead atoms. The molecule has 1 aromatic rings. The standard InChI is InChI=1S/C23H33NO3S/c1-4-20-16-24(19-8-6-5-7-9-19)17(2)23(3,27-20)22(26)18-10-12-21(13-11-18)28-15-14-25/h8,10-13,17,20,25H,4-7,9,14-16H2,1-3H3. The average Bonchev–Trinajstić information content (AvgIpc) is 2.74. The molecule has 3 atom stereocenters. The Kier molecular flexibility index (Phi) is 7.24. The number of ether oxygens (including phenoxy) is 1. The number of carbonyl (C=O) groups excluding carboxylic acids is 1. The Morgan fingerprint density at radius 2 is 2.07 bits per heavy atom. The molecule has 0 saturated carbocycles. The Balaban J connectivity index is 1.84. The third-order valence-electron chi connectivity index (χ3n) is 6.10. The van der Waals surface area contributed by atoms with E-state index in [9.17, 15) is 4.79 Å². The first-order valence-electron chi connectivity index (χ1n) is 10.5. The van der Waals surface area contributed by atoms with Crippen LogP contribution in [0.2, 0.25) is 0 Å². The van der Waals surface area contributed by atoms with Gasteiger partial charge < -0.3 is 14.7 Å². The van der Waals surface area contributed by atoms with E-state index in [1.807, 2.05) is 31.2 Å². The number of carbonyl (C=O) groups is 1. The Hall–Kier alpha value is -1.30. The molecule has 1 aromatic carbocycles. The van der Waals surface area contributed by atoms with E-state index in [-0.39, 0.29) is 24.5 Å². The average molecular weight is 404 g/mol. The monoisotopic (exact) mass is 403 g/mol. The molecule has 0 amide bonds. The first kappa shape index (κ1) is 21.4. The molecule has 3 unspecified atom stereocenters. The van der Waals surface area contributed by atoms with Crippen LogP contribution in [0.25, 0.3) is 0 Å². The van der Waals surface area contributed by atoms with Gasteiger partial charge in [-0.15, -0.1) is 11.8 Å². The van der Waals surface area contributed by atoms with Crippen molar-refractivity contribution in [3.05, 3.63) is 41.6 Å². The van der Waals surface area contributed by atoms with Crippen LogP contribution in [0.15, 0.2) is 40.9 Å². The number of hydrogen-bond donors (Lipinski definition) is 1. The summed E-state index contributed by atoms with van der Waals surface area (Å²) >= 11 is 1.59. The lowest BCUT2D eigenvalue weighted by atomic mass is 9.84. The van der Waals surface area contributed by atoms with Crippen molar-refractivity contribution in [2.75, 3.05) is 18.9 Å². The zero-order valence-corrected chi connectivity index (χ0v) is 18.1. The second-order valence-electron chi connectivity index (χ2n) is 7.95. The van der Waals surface area contributed by atoms with Crippen molar-refractivity contribution >= 4 is 17.5 Å². The zero-order chi connectivity index (χ0) is 20.1. The Labute approximate surface area is 173 Å². The molecule has 1 saturated heterocycles. The number of ketones is 1. The molecule has 1 heterocycles. The van der Waals surface area contributed by atoms with Gasteiger partial charge in [-0.05, 0) is 58.1 Å². The molecule has 1 aliphatic carbocycles. The van der Waals surface area contributed by atoms with Crippen LogP contribution >= 0.6 is 11.8 Å². The van der Waals surface area contributed by atoms with Gasteiger partial charge in [0.15, 0.2) is 5.78 Å². The van der Waals surface area contributed by atoms with Crippen LogP contribution in [0.3, 0.4) is 0 Å². The van der Waals surface area contributed by atoms with E-state index in [0.717, 1.165) is 30.7 Å². The number of morpholine rings is 1. The van der Waals surface area contributed by atoms with Crippen molar-refractivity contribution < 1.29 is 14.6 Å². The van der Waals surface area contributed by atoms with Crippen LogP contribution in [0, 0.1) is 0 Å². The van der Waals surface area contributed by atoms with Crippen LogP contribution in [-0.2, 0) is 4.74 Å². The minimum Gasteiger partial charge on any atom is -0.396 e. The van der Waals surface area contributed by atoms with Gasteiger partial charge in [0.1, 0.15) is 5.60 Å². The van der Waals surface area contributed by atoms with Crippen LogP contribution in [0.5, 0.6) is 0 Å². The van der Waals surface area contributed by atoms with Crippen LogP contribution < -0.4 is 0 Å². The number of hydrogen-bond acceptors (Lipinski definition) is 5. The van der Waals surface area contributed by atoms with E-state index in [2.05, 4.69) is 24.8 Å². The fourth-order valence-electron chi connectivity index (χ4n) is 4.21. The largest absolute Gasteiger partial charge is 0.396 e. The summed E-state index contributed by atoms with van der Waals surface area (Å²) in [6.45, 7) is 7.24. The maximum atomic E-state index is 13.5. The molecule has 1 aliphatic heterocycles. The predicted octanol–water partition coefficient (Wildman–Crippen LogP) is 4.67. The highest BCUT2D eigenvalue weighted by atomic mass is 32.2. The van der Waals surface area contributed by atoms with Gasteiger partial charge in [0.05, 0.1) is 18.8 Å². The smallest absolute Gasteiger partial charge is 0.196 e. The van der Waals surface area contributed by atoms with Gasteiger partial charge in [0.25, 0.3) is 0 Å². The summed E-state index contributed by atoms with van der Waals surface area (Å²) in [6.07, 6.45) is 8.04. The summed E-state index contributed by atoms with van der Waals surface area (Å²) in [5, 5.41) is 8.98. The van der Waals surface area contributed by atoms with Gasteiger partial charge in [-0.25, -0.2) is 0 Å². The van der Waals surface area contributed by atoms with E-state index < -0.39 is 5.60 Å². The quantitative estimate of drug-likeness (QED) is 0.530. The second kappa shape index (κ2) is 9.47. The summed E-state index contributed by atoms with van der Waals surface area (Å²) < 4.78 is 6.41. The van der Waals surface area contributed by atoms with E-state index >= 15 is 0 Å². The summed E-state index contributed by atoms with van der Waals surface area (Å²) in [7, 11) is 0. The molecule has 1 N–H and O–H groups in total. The first-order valence-corrected chi connectivity index (χ1v) is 11.5. The van der Waals surface area contributed by atoms with Gasteiger partial charge in [-0.1, -0.05) is 25.1 Å². The van der Waals surface area contributed by atoms with E-state index in [1.54, 1.807) is 11.8 Å². The van der Waals surface area contributed by atoms with Crippen molar-refractivity contribution in [1.82, 2.24) is 4.90 Å². The number of aliphatic hydroxyl groups is 1. The van der Waals surface area contributed by atoms with Gasteiger partial charge in [-0.2, -0.15) is 0 Å². The normalized spacial score (nSPS) is 28.1. The molecular weight excluding hydrogens is 370 g/mol. The van der Waals surface area contributed by atoms with Gasteiger partial charge in [0.2, 0.25) is 0 Å². The zero-order valence-electron chi connectivity index (χ0n) is 17.3. The molecule has 28 heavy (non-hydrogen) atoms. The molecule has 154 valence electrons. The van der Waals surface area contributed by atoms with Crippen molar-refractivity contribution in [3.8, 4) is 0 Å². The van der Waals surface area contributed by atoms with Crippen LogP contribution in [-0.4, -0.2) is 52.4 Å². The molecule has 2 aliphatic rings. The molecule has 0 radical (unpaired) electrons. The van der Waals surface area contributed by atoms with Gasteiger partial charge in [0, 0.05) is 28.5 Å². The number of rotatable bonds is 7. The number of aliphatic hydroxyl groups excluding tert-OH is 1. The fraction of sp³-hybridized carbons (Fsp3) is 0.609. The molecule has 1 fully saturated rings. The van der Waals surface area contributed by atoms with E-state index in [4.69, 9.17) is 9.84 Å². The molecule has 4 nitrogen and oxygen atoms in total. The fourth-order valence-corrected chi connectivity index (χ4v) is 4.87. The maximum Gasteiger partial charge on any atom is 0.196 e. The number of benzene rings is 1. The Morgan fingerprint density at radius 1 is 1.32 bits per heavy atom. The lowest BCUT2D eigenvalue weighted by Crippen LogP contribution is -2.63. The lowest BCUT2D eigenvalue weighted by Gasteiger charge is -2.51. The second-order valence-corrected chi connectivity index (χ2v) is 9.12. The number of allylic oxidation sites excluding steroid dienone is 2.